The molecule has 0 unspecified atom stereocenters. The number of benzene rings is 2. The van der Waals surface area contributed by atoms with Gasteiger partial charge in [0, 0.05) is 23.1 Å². The van der Waals surface area contributed by atoms with Gasteiger partial charge in [-0.05, 0) is 35.2 Å². The number of esters is 1. The van der Waals surface area contributed by atoms with E-state index >= 15 is 0 Å². The van der Waals surface area contributed by atoms with E-state index in [1.165, 1.54) is 13.2 Å². The summed E-state index contributed by atoms with van der Waals surface area (Å²) in [4.78, 5) is 24.2. The van der Waals surface area contributed by atoms with Crippen LogP contribution in [0.2, 0.25) is 0 Å². The maximum Gasteiger partial charge on any atom is 0.338 e. The lowest BCUT2D eigenvalue weighted by molar-refractivity contribution is 0.0473. The van der Waals surface area contributed by atoms with E-state index in [-0.39, 0.29) is 12.0 Å². The third-order valence-electron chi connectivity index (χ3n) is 4.38. The third kappa shape index (κ3) is 4.19. The van der Waals surface area contributed by atoms with Crippen molar-refractivity contribution in [3.8, 4) is 5.75 Å². The highest BCUT2D eigenvalue weighted by Crippen LogP contribution is 2.24. The molecule has 0 aliphatic heterocycles. The van der Waals surface area contributed by atoms with Gasteiger partial charge in [-0.25, -0.2) is 9.59 Å². The monoisotopic (exact) mass is 366 g/mol. The number of fused-ring (bicyclic) bond motifs is 1. The van der Waals surface area contributed by atoms with E-state index in [2.05, 4.69) is 20.8 Å². The second-order valence-corrected chi connectivity index (χ2v) is 7.36. The number of rotatable bonds is 4. The maximum atomic E-state index is 12.4. The highest BCUT2D eigenvalue weighted by molar-refractivity contribution is 5.89. The van der Waals surface area contributed by atoms with Gasteiger partial charge in [0.25, 0.3) is 0 Å². The highest BCUT2D eigenvalue weighted by atomic mass is 16.5. The smallest absolute Gasteiger partial charge is 0.338 e. The van der Waals surface area contributed by atoms with Crippen LogP contribution in [0, 0.1) is 0 Å². The second-order valence-electron chi connectivity index (χ2n) is 7.36. The van der Waals surface area contributed by atoms with Crippen molar-refractivity contribution < 1.29 is 18.7 Å². The SMILES string of the molecule is COc1ccc2c(COC(=O)c3ccc(C(C)(C)C)cc3)cc(=O)oc2c1. The number of carbonyl (C=O) groups excluding carboxylic acids is 1. The zero-order chi connectivity index (χ0) is 19.6. The molecule has 0 amide bonds. The molecule has 0 bridgehead atoms. The first-order chi connectivity index (χ1) is 12.8. The van der Waals surface area contributed by atoms with E-state index in [0.717, 1.165) is 5.56 Å². The fourth-order valence-corrected chi connectivity index (χ4v) is 2.79. The molecule has 1 aromatic heterocycles. The molecule has 0 aliphatic carbocycles. The Morgan fingerprint density at radius 2 is 1.74 bits per heavy atom. The minimum Gasteiger partial charge on any atom is -0.497 e. The molecule has 5 nitrogen and oxygen atoms in total. The topological polar surface area (TPSA) is 65.7 Å². The minimum atomic E-state index is -0.503. The van der Waals surface area contributed by atoms with Crippen molar-refractivity contribution in [2.45, 2.75) is 32.8 Å². The molecular weight excluding hydrogens is 344 g/mol. The van der Waals surface area contributed by atoms with E-state index in [1.807, 2.05) is 12.1 Å². The zero-order valence-electron chi connectivity index (χ0n) is 15.9. The fraction of sp³-hybridized carbons (Fsp3) is 0.273. The molecular formula is C22H22O5. The molecule has 0 aliphatic rings. The molecule has 0 saturated heterocycles. The van der Waals surface area contributed by atoms with Crippen molar-refractivity contribution in [3.63, 3.8) is 0 Å². The molecule has 0 radical (unpaired) electrons. The van der Waals surface area contributed by atoms with Crippen molar-refractivity contribution in [3.05, 3.63) is 75.6 Å². The van der Waals surface area contributed by atoms with Gasteiger partial charge in [0.15, 0.2) is 0 Å². The number of methoxy groups -OCH3 is 1. The summed E-state index contributed by atoms with van der Waals surface area (Å²) in [7, 11) is 1.54. The van der Waals surface area contributed by atoms with Gasteiger partial charge < -0.3 is 13.9 Å². The Morgan fingerprint density at radius 1 is 1.04 bits per heavy atom. The molecule has 5 heteroatoms. The van der Waals surface area contributed by atoms with Crippen LogP contribution in [0.1, 0.15) is 42.3 Å². The first-order valence-corrected chi connectivity index (χ1v) is 8.66. The average Bonchev–Trinajstić information content (AvgIpc) is 2.64. The van der Waals surface area contributed by atoms with Crippen molar-refractivity contribution >= 4 is 16.9 Å². The van der Waals surface area contributed by atoms with Crippen LogP contribution in [-0.2, 0) is 16.8 Å². The first-order valence-electron chi connectivity index (χ1n) is 8.66. The van der Waals surface area contributed by atoms with Crippen molar-refractivity contribution in [2.75, 3.05) is 7.11 Å². The van der Waals surface area contributed by atoms with Crippen LogP contribution in [0.5, 0.6) is 5.75 Å². The average molecular weight is 366 g/mol. The van der Waals surface area contributed by atoms with Crippen LogP contribution < -0.4 is 10.4 Å². The molecule has 0 fully saturated rings. The molecule has 0 saturated carbocycles. The van der Waals surface area contributed by atoms with Gasteiger partial charge in [0.05, 0.1) is 12.7 Å². The molecule has 0 atom stereocenters. The van der Waals surface area contributed by atoms with Gasteiger partial charge in [-0.15, -0.1) is 0 Å². The summed E-state index contributed by atoms with van der Waals surface area (Å²) < 4.78 is 15.8. The number of ether oxygens (including phenoxy) is 2. The van der Waals surface area contributed by atoms with Gasteiger partial charge >= 0.3 is 11.6 Å². The van der Waals surface area contributed by atoms with Crippen LogP contribution in [0.4, 0.5) is 0 Å². The van der Waals surface area contributed by atoms with E-state index in [4.69, 9.17) is 13.9 Å². The molecule has 1 heterocycles. The van der Waals surface area contributed by atoms with Crippen molar-refractivity contribution in [1.29, 1.82) is 0 Å². The Morgan fingerprint density at radius 3 is 2.37 bits per heavy atom. The van der Waals surface area contributed by atoms with Crippen LogP contribution in [-0.4, -0.2) is 13.1 Å². The third-order valence-corrected chi connectivity index (χ3v) is 4.38. The first kappa shape index (κ1) is 18.7. The molecule has 0 spiro atoms. The Labute approximate surface area is 157 Å². The Balaban J connectivity index is 1.80. The van der Waals surface area contributed by atoms with E-state index in [0.29, 0.717) is 27.8 Å². The normalized spacial score (nSPS) is 11.4. The largest absolute Gasteiger partial charge is 0.497 e. The summed E-state index contributed by atoms with van der Waals surface area (Å²) in [5.74, 6) is 0.143. The summed E-state index contributed by atoms with van der Waals surface area (Å²) in [5.41, 5.74) is 2.10. The van der Waals surface area contributed by atoms with Crippen LogP contribution >= 0.6 is 0 Å². The highest BCUT2D eigenvalue weighted by Gasteiger charge is 2.15. The van der Waals surface area contributed by atoms with Gasteiger partial charge in [0.1, 0.15) is 17.9 Å². The summed E-state index contributed by atoms with van der Waals surface area (Å²) in [5, 5.41) is 0.700. The Hall–Kier alpha value is -3.08. The Kier molecular flexibility index (Phi) is 5.04. The quantitative estimate of drug-likeness (QED) is 0.504. The molecule has 2 aromatic carbocycles. The predicted molar refractivity (Wildman–Crippen MR) is 103 cm³/mol. The number of carbonyl (C=O) groups is 1. The van der Waals surface area contributed by atoms with E-state index in [1.54, 1.807) is 30.3 Å². The Bertz CT molecular complexity index is 1020. The van der Waals surface area contributed by atoms with E-state index < -0.39 is 11.6 Å². The summed E-state index contributed by atoms with van der Waals surface area (Å²) >= 11 is 0. The second kappa shape index (κ2) is 7.27. The van der Waals surface area contributed by atoms with Crippen LogP contribution in [0.15, 0.2) is 57.7 Å². The summed E-state index contributed by atoms with van der Waals surface area (Å²) in [6.07, 6.45) is 0. The predicted octanol–water partition coefficient (Wildman–Crippen LogP) is 4.46. The minimum absolute atomic E-state index is 0.0144. The number of hydrogen-bond donors (Lipinski definition) is 0. The summed E-state index contributed by atoms with van der Waals surface area (Å²) in [6, 6.07) is 13.9. The molecule has 140 valence electrons. The zero-order valence-corrected chi connectivity index (χ0v) is 15.9. The molecule has 27 heavy (non-hydrogen) atoms. The standard InChI is InChI=1S/C22H22O5/c1-22(2,3)16-7-5-14(6-8-16)21(24)26-13-15-11-20(23)27-19-12-17(25-4)9-10-18(15)19/h5-12H,13H2,1-4H3. The summed E-state index contributed by atoms with van der Waals surface area (Å²) in [6.45, 7) is 6.32. The maximum absolute atomic E-state index is 12.4. The van der Waals surface area contributed by atoms with E-state index in [9.17, 15) is 9.59 Å². The number of hydrogen-bond acceptors (Lipinski definition) is 5. The van der Waals surface area contributed by atoms with Crippen LogP contribution in [0.3, 0.4) is 0 Å². The van der Waals surface area contributed by atoms with Crippen molar-refractivity contribution in [1.82, 2.24) is 0 Å². The lowest BCUT2D eigenvalue weighted by Gasteiger charge is -2.18. The molecule has 3 rings (SSSR count). The van der Waals surface area contributed by atoms with Crippen LogP contribution in [0.25, 0.3) is 11.0 Å². The molecule has 0 N–H and O–H groups in total. The van der Waals surface area contributed by atoms with Gasteiger partial charge in [0.2, 0.25) is 0 Å². The lowest BCUT2D eigenvalue weighted by Crippen LogP contribution is -2.12. The molecule has 3 aromatic rings. The van der Waals surface area contributed by atoms with Gasteiger partial charge in [-0.1, -0.05) is 32.9 Å². The lowest BCUT2D eigenvalue weighted by atomic mass is 9.87. The van der Waals surface area contributed by atoms with Gasteiger partial charge in [-0.2, -0.15) is 0 Å². The van der Waals surface area contributed by atoms with Gasteiger partial charge in [-0.3, -0.25) is 0 Å². The van der Waals surface area contributed by atoms with Crippen molar-refractivity contribution in [2.24, 2.45) is 0 Å². The fourth-order valence-electron chi connectivity index (χ4n) is 2.79.